The van der Waals surface area contributed by atoms with E-state index in [-0.39, 0.29) is 10.6 Å². The Morgan fingerprint density at radius 3 is 2.14 bits per heavy atom. The zero-order chi connectivity index (χ0) is 10.8. The molecule has 5 nitrogen and oxygen atoms in total. The Morgan fingerprint density at radius 1 is 1.29 bits per heavy atom. The van der Waals surface area contributed by atoms with Gasteiger partial charge in [0.05, 0.1) is 4.90 Å². The number of benzene rings is 1. The van der Waals surface area contributed by atoms with Crippen molar-refractivity contribution in [2.45, 2.75) is 4.90 Å². The molecule has 0 fully saturated rings. The number of amides is 1. The molecule has 6 heteroatoms. The smallest absolute Gasteiger partial charge is 0.175 e. The maximum absolute atomic E-state index is 11.0. The Morgan fingerprint density at radius 2 is 1.79 bits per heavy atom. The predicted octanol–water partition coefficient (Wildman–Crippen LogP) is -0.155. The summed E-state index contributed by atoms with van der Waals surface area (Å²) in [6, 6.07) is 5.35. The molecule has 0 radical (unpaired) electrons. The minimum absolute atomic E-state index is 0.140. The molecule has 0 spiro atoms. The largest absolute Gasteiger partial charge is 0.530 e. The fourth-order valence-electron chi connectivity index (χ4n) is 0.903. The van der Waals surface area contributed by atoms with Gasteiger partial charge in [0, 0.05) is 11.9 Å². The van der Waals surface area contributed by atoms with Crippen molar-refractivity contribution in [3.8, 4) is 0 Å². The number of rotatable bonds is 2. The van der Waals surface area contributed by atoms with Gasteiger partial charge in [-0.2, -0.15) is 0 Å². The summed E-state index contributed by atoms with van der Waals surface area (Å²) in [6.45, 7) is 0. The summed E-state index contributed by atoms with van der Waals surface area (Å²) in [5, 5.41) is 12.1. The highest BCUT2D eigenvalue weighted by atomic mass is 32.2. The standard InChI is InChI=1S/C8H9NO4S/c1-14(12,13)7-4-2-6(3-5-7)9-8(10)11/h2-5,9H,1H3,(H,10,11)/p-1. The SMILES string of the molecule is CS(=O)(=O)c1ccc(NC(=O)[O-])cc1. The van der Waals surface area contributed by atoms with Gasteiger partial charge in [-0.25, -0.2) is 8.42 Å². The van der Waals surface area contributed by atoms with Crippen LogP contribution >= 0.6 is 0 Å². The highest BCUT2D eigenvalue weighted by molar-refractivity contribution is 7.90. The first-order chi connectivity index (χ1) is 6.39. The molecule has 0 aromatic heterocycles. The van der Waals surface area contributed by atoms with Crippen molar-refractivity contribution < 1.29 is 18.3 Å². The summed E-state index contributed by atoms with van der Waals surface area (Å²) in [5.74, 6) is 0. The van der Waals surface area contributed by atoms with Crippen LogP contribution in [0.25, 0.3) is 0 Å². The van der Waals surface area contributed by atoms with Crippen LogP contribution in [0.5, 0.6) is 0 Å². The first kappa shape index (κ1) is 10.5. The van der Waals surface area contributed by atoms with E-state index in [1.165, 1.54) is 24.3 Å². The molecule has 0 saturated carbocycles. The number of carbonyl (C=O) groups excluding carboxylic acids is 1. The third-order valence-corrected chi connectivity index (χ3v) is 2.66. The van der Waals surface area contributed by atoms with E-state index in [0.717, 1.165) is 6.26 Å². The van der Waals surface area contributed by atoms with Crippen molar-refractivity contribution in [2.24, 2.45) is 0 Å². The van der Waals surface area contributed by atoms with Crippen LogP contribution in [-0.4, -0.2) is 20.8 Å². The number of anilines is 1. The summed E-state index contributed by atoms with van der Waals surface area (Å²) in [4.78, 5) is 10.3. The molecule has 76 valence electrons. The molecular weight excluding hydrogens is 206 g/mol. The van der Waals surface area contributed by atoms with Crippen LogP contribution in [0.1, 0.15) is 0 Å². The monoisotopic (exact) mass is 214 g/mol. The Labute approximate surface area is 81.3 Å². The molecule has 1 aromatic carbocycles. The Balaban J connectivity index is 2.95. The third-order valence-electron chi connectivity index (χ3n) is 1.53. The van der Waals surface area contributed by atoms with Gasteiger partial charge >= 0.3 is 0 Å². The zero-order valence-electron chi connectivity index (χ0n) is 7.35. The molecular formula is C8H8NO4S-. The van der Waals surface area contributed by atoms with Crippen LogP contribution in [0.4, 0.5) is 10.5 Å². The van der Waals surface area contributed by atoms with Gasteiger partial charge in [-0.1, -0.05) is 0 Å². The second-order valence-corrected chi connectivity index (χ2v) is 4.72. The van der Waals surface area contributed by atoms with E-state index in [0.29, 0.717) is 0 Å². The molecule has 0 bridgehead atoms. The maximum Gasteiger partial charge on any atom is 0.175 e. The van der Waals surface area contributed by atoms with Gasteiger partial charge in [0.2, 0.25) is 0 Å². The van der Waals surface area contributed by atoms with Gasteiger partial charge in [-0.3, -0.25) is 0 Å². The summed E-state index contributed by atoms with van der Waals surface area (Å²) >= 11 is 0. The number of carboxylic acid groups (broad SMARTS) is 1. The summed E-state index contributed by atoms with van der Waals surface area (Å²) < 4.78 is 22.0. The van der Waals surface area contributed by atoms with Crippen LogP contribution in [0, 0.1) is 0 Å². The highest BCUT2D eigenvalue weighted by Crippen LogP contribution is 2.13. The number of carbonyl (C=O) groups is 1. The Kier molecular flexibility index (Phi) is 2.76. The first-order valence-electron chi connectivity index (χ1n) is 3.68. The fourth-order valence-corrected chi connectivity index (χ4v) is 1.53. The number of hydrogen-bond donors (Lipinski definition) is 1. The second kappa shape index (κ2) is 3.67. The molecule has 1 aromatic rings. The van der Waals surface area contributed by atoms with E-state index in [4.69, 9.17) is 0 Å². The third kappa shape index (κ3) is 2.74. The zero-order valence-corrected chi connectivity index (χ0v) is 8.17. The van der Waals surface area contributed by atoms with Gasteiger partial charge in [0.25, 0.3) is 0 Å². The van der Waals surface area contributed by atoms with Gasteiger partial charge in [-0.15, -0.1) is 0 Å². The summed E-state index contributed by atoms with van der Waals surface area (Å²) in [7, 11) is -3.24. The molecule has 0 aliphatic heterocycles. The van der Waals surface area contributed by atoms with Crippen molar-refractivity contribution in [1.29, 1.82) is 0 Å². The molecule has 1 rings (SSSR count). The molecule has 1 N–H and O–H groups in total. The molecule has 0 heterocycles. The number of hydrogen-bond acceptors (Lipinski definition) is 4. The van der Waals surface area contributed by atoms with Crippen molar-refractivity contribution in [1.82, 2.24) is 0 Å². The normalized spacial score (nSPS) is 10.9. The average molecular weight is 214 g/mol. The topological polar surface area (TPSA) is 86.3 Å². The lowest BCUT2D eigenvalue weighted by Gasteiger charge is -2.06. The van der Waals surface area contributed by atoms with Gasteiger partial charge in [-0.05, 0) is 24.3 Å². The van der Waals surface area contributed by atoms with Crippen LogP contribution in [0.15, 0.2) is 29.2 Å². The number of nitrogens with one attached hydrogen (secondary N) is 1. The van der Waals surface area contributed by atoms with E-state index in [1.807, 2.05) is 5.32 Å². The van der Waals surface area contributed by atoms with Crippen LogP contribution in [0.3, 0.4) is 0 Å². The molecule has 0 aliphatic carbocycles. The van der Waals surface area contributed by atoms with Crippen molar-refractivity contribution in [3.05, 3.63) is 24.3 Å². The van der Waals surface area contributed by atoms with E-state index in [2.05, 4.69) is 0 Å². The fraction of sp³-hybridized carbons (Fsp3) is 0.125. The molecule has 0 saturated heterocycles. The van der Waals surface area contributed by atoms with Crippen LogP contribution in [-0.2, 0) is 9.84 Å². The highest BCUT2D eigenvalue weighted by Gasteiger charge is 2.05. The average Bonchev–Trinajstić information content (AvgIpc) is 2.02. The van der Waals surface area contributed by atoms with Crippen LogP contribution in [0.2, 0.25) is 0 Å². The van der Waals surface area contributed by atoms with E-state index in [1.54, 1.807) is 0 Å². The molecule has 0 atom stereocenters. The minimum Gasteiger partial charge on any atom is -0.530 e. The lowest BCUT2D eigenvalue weighted by atomic mass is 10.3. The quantitative estimate of drug-likeness (QED) is 0.741. The van der Waals surface area contributed by atoms with Crippen molar-refractivity contribution in [3.63, 3.8) is 0 Å². The molecule has 0 aliphatic rings. The molecule has 14 heavy (non-hydrogen) atoms. The van der Waals surface area contributed by atoms with Crippen molar-refractivity contribution >= 4 is 21.6 Å². The molecule has 1 amide bonds. The maximum atomic E-state index is 11.0. The lowest BCUT2D eigenvalue weighted by molar-refractivity contribution is -0.242. The molecule has 0 unspecified atom stereocenters. The van der Waals surface area contributed by atoms with E-state index in [9.17, 15) is 18.3 Å². The van der Waals surface area contributed by atoms with E-state index < -0.39 is 15.9 Å². The minimum atomic E-state index is -3.24. The second-order valence-electron chi connectivity index (χ2n) is 2.71. The first-order valence-corrected chi connectivity index (χ1v) is 5.57. The summed E-state index contributed by atoms with van der Waals surface area (Å²) in [5.41, 5.74) is 0.275. The van der Waals surface area contributed by atoms with Crippen molar-refractivity contribution in [2.75, 3.05) is 11.6 Å². The Bertz CT molecular complexity index is 435. The van der Waals surface area contributed by atoms with E-state index >= 15 is 0 Å². The Hall–Kier alpha value is -1.56. The van der Waals surface area contributed by atoms with Gasteiger partial charge in [0.1, 0.15) is 6.09 Å². The number of sulfone groups is 1. The predicted molar refractivity (Wildman–Crippen MR) is 48.6 cm³/mol. The van der Waals surface area contributed by atoms with Gasteiger partial charge in [0.15, 0.2) is 9.84 Å². The van der Waals surface area contributed by atoms with Crippen LogP contribution < -0.4 is 10.4 Å². The lowest BCUT2D eigenvalue weighted by Crippen LogP contribution is -2.28. The van der Waals surface area contributed by atoms with Gasteiger partial charge < -0.3 is 15.2 Å². The summed E-state index contributed by atoms with van der Waals surface area (Å²) in [6.07, 6.45) is -0.356.